The number of hydrogen-bond acceptors (Lipinski definition) is 5. The van der Waals surface area contributed by atoms with Crippen molar-refractivity contribution < 1.29 is 14.7 Å². The summed E-state index contributed by atoms with van der Waals surface area (Å²) < 4.78 is 0. The molecule has 1 fully saturated rings. The molecular weight excluding hydrogens is 247 g/mol. The van der Waals surface area contributed by atoms with Crippen LogP contribution in [0.25, 0.3) is 0 Å². The van der Waals surface area contributed by atoms with Crippen molar-refractivity contribution in [1.82, 2.24) is 10.3 Å². The maximum absolute atomic E-state index is 11.6. The first-order valence-corrected chi connectivity index (χ1v) is 4.99. The van der Waals surface area contributed by atoms with Crippen molar-refractivity contribution in [3.8, 4) is 0 Å². The molecule has 8 heteroatoms. The molecule has 1 unspecified atom stereocenters. The molecule has 0 spiro atoms. The van der Waals surface area contributed by atoms with E-state index in [0.717, 1.165) is 0 Å². The number of fused-ring (bicyclic) bond motifs is 1. The van der Waals surface area contributed by atoms with E-state index in [1.54, 1.807) is 11.9 Å². The summed E-state index contributed by atoms with van der Waals surface area (Å²) in [6, 6.07) is -0.845. The summed E-state index contributed by atoms with van der Waals surface area (Å²) in [6.07, 6.45) is 2.19. The van der Waals surface area contributed by atoms with E-state index >= 15 is 0 Å². The van der Waals surface area contributed by atoms with Gasteiger partial charge in [-0.15, -0.1) is 0 Å². The molecule has 4 N–H and O–H groups in total. The van der Waals surface area contributed by atoms with E-state index in [2.05, 4.69) is 5.10 Å². The van der Waals surface area contributed by atoms with Gasteiger partial charge in [0, 0.05) is 30.9 Å². The van der Waals surface area contributed by atoms with Crippen molar-refractivity contribution in [2.75, 3.05) is 13.6 Å². The Morgan fingerprint density at radius 1 is 1.61 bits per heavy atom. The molecule has 1 aliphatic heterocycles. The van der Waals surface area contributed by atoms with Gasteiger partial charge >= 0.3 is 35.6 Å². The summed E-state index contributed by atoms with van der Waals surface area (Å²) in [5.74, 6) is -0.335. The van der Waals surface area contributed by atoms with Crippen molar-refractivity contribution in [3.63, 3.8) is 0 Å². The van der Waals surface area contributed by atoms with Crippen molar-refractivity contribution in [2.45, 2.75) is 6.10 Å². The number of urea groups is 1. The summed E-state index contributed by atoms with van der Waals surface area (Å²) in [5.41, 5.74) is 8.19. The molecule has 1 saturated heterocycles. The molecule has 0 saturated carbocycles. The van der Waals surface area contributed by atoms with Crippen LogP contribution in [0.5, 0.6) is 0 Å². The van der Waals surface area contributed by atoms with E-state index in [9.17, 15) is 14.7 Å². The molecule has 1 atom stereocenters. The fourth-order valence-corrected chi connectivity index (χ4v) is 1.83. The van der Waals surface area contributed by atoms with Crippen LogP contribution in [0, 0.1) is 0 Å². The van der Waals surface area contributed by atoms with E-state index in [1.165, 1.54) is 12.2 Å². The van der Waals surface area contributed by atoms with E-state index in [1.807, 2.05) is 5.43 Å². The Balaban J connectivity index is 0.00000162. The molecule has 1 aliphatic carbocycles. The normalized spacial score (nSPS) is 24.1. The monoisotopic (exact) mass is 260 g/mol. The fraction of sp³-hybridized carbons (Fsp3) is 0.300. The molecule has 0 radical (unpaired) electrons. The Morgan fingerprint density at radius 2 is 2.28 bits per heavy atom. The summed E-state index contributed by atoms with van der Waals surface area (Å²) >= 11 is 0. The van der Waals surface area contributed by atoms with Crippen LogP contribution in [0.15, 0.2) is 28.5 Å². The second kappa shape index (κ2) is 5.66. The molecule has 1 heterocycles. The second-order valence-corrected chi connectivity index (χ2v) is 3.86. The van der Waals surface area contributed by atoms with Gasteiger partial charge in [0.1, 0.15) is 5.71 Å². The Kier molecular flexibility index (Phi) is 4.69. The van der Waals surface area contributed by atoms with Crippen molar-refractivity contribution in [2.24, 2.45) is 10.8 Å². The number of aliphatic hydroxyl groups excluding tert-OH is 1. The molecule has 0 aromatic carbocycles. The van der Waals surface area contributed by atoms with Crippen LogP contribution in [0.1, 0.15) is 0 Å². The number of ketones is 1. The molecule has 2 rings (SSSR count). The van der Waals surface area contributed by atoms with Crippen LogP contribution < -0.4 is 11.2 Å². The van der Waals surface area contributed by atoms with Crippen LogP contribution >= 0.6 is 0 Å². The maximum atomic E-state index is 11.6. The molecule has 92 valence electrons. The number of likely N-dealkylation sites (tertiary alicyclic amines) is 1. The number of primary amides is 1. The van der Waals surface area contributed by atoms with Crippen molar-refractivity contribution in [1.29, 1.82) is 0 Å². The van der Waals surface area contributed by atoms with Crippen molar-refractivity contribution in [3.05, 3.63) is 23.4 Å². The molecule has 0 aromatic rings. The summed E-state index contributed by atoms with van der Waals surface area (Å²) in [7, 11) is 1.78. The van der Waals surface area contributed by atoms with Gasteiger partial charge in [-0.2, -0.15) is 5.10 Å². The van der Waals surface area contributed by atoms with E-state index in [4.69, 9.17) is 5.73 Å². The average molecular weight is 260 g/mol. The topological polar surface area (TPSA) is 108 Å². The zero-order valence-corrected chi connectivity index (χ0v) is 9.17. The first-order chi connectivity index (χ1) is 7.99. The third-order valence-corrected chi connectivity index (χ3v) is 2.61. The number of carbonyl (C=O) groups is 2. The minimum atomic E-state index is -0.845. The van der Waals surface area contributed by atoms with Crippen LogP contribution in [0.3, 0.4) is 0 Å². The summed E-state index contributed by atoms with van der Waals surface area (Å²) in [5, 5.41) is 13.3. The van der Waals surface area contributed by atoms with Gasteiger partial charge in [0.2, 0.25) is 5.78 Å². The van der Waals surface area contributed by atoms with Gasteiger partial charge in [0.05, 0.1) is 6.10 Å². The van der Waals surface area contributed by atoms with Gasteiger partial charge in [-0.3, -0.25) is 4.79 Å². The molecule has 18 heavy (non-hydrogen) atoms. The number of amides is 2. The number of nitrogens with one attached hydrogen (secondary N) is 1. The fourth-order valence-electron chi connectivity index (χ4n) is 1.83. The van der Waals surface area contributed by atoms with Gasteiger partial charge in [0.15, 0.2) is 0 Å². The summed E-state index contributed by atoms with van der Waals surface area (Å²) in [6.45, 7) is 0.432. The van der Waals surface area contributed by atoms with E-state index in [-0.39, 0.29) is 41.1 Å². The number of nitrogens with two attached hydrogens (primary N) is 1. The predicted octanol–water partition coefficient (Wildman–Crippen LogP) is -1.94. The second-order valence-electron chi connectivity index (χ2n) is 3.86. The third-order valence-electron chi connectivity index (χ3n) is 2.61. The van der Waals surface area contributed by atoms with Crippen LogP contribution in [-0.2, 0) is 4.79 Å². The van der Waals surface area contributed by atoms with Gasteiger partial charge in [0.25, 0.3) is 0 Å². The number of hydrogen-bond donors (Lipinski definition) is 3. The number of aliphatic hydroxyl groups is 1. The number of allylic oxidation sites excluding steroid dienone is 2. The molecule has 2 aliphatic rings. The minimum absolute atomic E-state index is 0. The van der Waals surface area contributed by atoms with Crippen LogP contribution in [-0.4, -0.2) is 76.8 Å². The van der Waals surface area contributed by atoms with Gasteiger partial charge < -0.3 is 15.7 Å². The predicted molar refractivity (Wildman–Crippen MR) is 67.1 cm³/mol. The van der Waals surface area contributed by atoms with Crippen LogP contribution in [0.2, 0.25) is 0 Å². The average Bonchev–Trinajstić information content (AvgIpc) is 2.51. The quantitative estimate of drug-likeness (QED) is 0.289. The standard InChI is InChI=1S/C10H12N4O3.Na.H/c1-14-4-9(16)5-2-6(12-13-10(11)17)8(15)3-7(5)14;;/h2-3,9,16H,4H2,1H3,(H3,11,13,17);;/b12-6-;;. The summed E-state index contributed by atoms with van der Waals surface area (Å²) in [4.78, 5) is 23.9. The van der Waals surface area contributed by atoms with Gasteiger partial charge in [-0.25, -0.2) is 10.2 Å². The van der Waals surface area contributed by atoms with E-state index in [0.29, 0.717) is 17.8 Å². The molecule has 0 bridgehead atoms. The van der Waals surface area contributed by atoms with Crippen molar-refractivity contribution >= 4 is 47.1 Å². The molecule has 7 nitrogen and oxygen atoms in total. The van der Waals surface area contributed by atoms with Crippen LogP contribution in [0.4, 0.5) is 4.79 Å². The Morgan fingerprint density at radius 3 is 2.89 bits per heavy atom. The molecule has 0 aromatic heterocycles. The number of β-amino-alcohol motifs (C(OH)–C–C–N with tert-alkyl or cyclic N) is 1. The Hall–Kier alpha value is -1.15. The Labute approximate surface area is 126 Å². The number of likely N-dealkylation sites (N-methyl/N-ethyl adjacent to an activating group) is 1. The number of carbonyl (C=O) groups excluding carboxylic acids is 2. The zero-order chi connectivity index (χ0) is 12.6. The van der Waals surface area contributed by atoms with Gasteiger partial charge in [-0.1, -0.05) is 0 Å². The first-order valence-electron chi connectivity index (χ1n) is 4.99. The van der Waals surface area contributed by atoms with E-state index < -0.39 is 12.1 Å². The first kappa shape index (κ1) is 14.9. The third kappa shape index (κ3) is 2.81. The van der Waals surface area contributed by atoms with Gasteiger partial charge in [-0.05, 0) is 6.08 Å². The number of nitrogens with zero attached hydrogens (tertiary/aromatic N) is 2. The Bertz CT molecular complexity index is 484. The molecular formula is C10H13N4NaO3. The SMILES string of the molecule is CN1CC(O)C2=C/C(=N/NC(N)=O)C(=O)C=C21.[NaH]. The number of hydrazone groups is 1. The number of rotatable bonds is 1. The molecule has 2 amide bonds. The zero-order valence-electron chi connectivity index (χ0n) is 9.17.